The summed E-state index contributed by atoms with van der Waals surface area (Å²) in [6, 6.07) is 7.60. The number of hydrogen-bond acceptors (Lipinski definition) is 2. The SMILES string of the molecule is Cc1cc(N)cc(C)c1OCc1cccc(F)c1F. The van der Waals surface area contributed by atoms with Gasteiger partial charge < -0.3 is 10.5 Å². The van der Waals surface area contributed by atoms with Crippen LogP contribution in [0.3, 0.4) is 0 Å². The van der Waals surface area contributed by atoms with Crippen molar-refractivity contribution in [3.63, 3.8) is 0 Å². The van der Waals surface area contributed by atoms with Gasteiger partial charge in [0, 0.05) is 11.3 Å². The fourth-order valence-corrected chi connectivity index (χ4v) is 2.02. The van der Waals surface area contributed by atoms with E-state index in [1.54, 1.807) is 12.1 Å². The summed E-state index contributed by atoms with van der Waals surface area (Å²) in [4.78, 5) is 0. The number of ether oxygens (including phenoxy) is 1. The Bertz CT molecular complexity index is 588. The van der Waals surface area contributed by atoms with Crippen LogP contribution < -0.4 is 10.5 Å². The lowest BCUT2D eigenvalue weighted by atomic mass is 10.1. The molecule has 0 radical (unpaired) electrons. The molecule has 0 aromatic heterocycles. The molecule has 2 rings (SSSR count). The minimum absolute atomic E-state index is 0.0187. The van der Waals surface area contributed by atoms with Crippen LogP contribution in [0.5, 0.6) is 5.75 Å². The zero-order chi connectivity index (χ0) is 14.0. The van der Waals surface area contributed by atoms with E-state index in [2.05, 4.69) is 0 Å². The molecule has 2 aromatic carbocycles. The smallest absolute Gasteiger partial charge is 0.165 e. The molecular formula is C15H15F2NO. The molecule has 0 unspecified atom stereocenters. The Kier molecular flexibility index (Phi) is 3.69. The molecule has 0 aliphatic rings. The van der Waals surface area contributed by atoms with Crippen molar-refractivity contribution in [3.05, 3.63) is 58.7 Å². The zero-order valence-electron chi connectivity index (χ0n) is 10.8. The first kappa shape index (κ1) is 13.3. The van der Waals surface area contributed by atoms with Gasteiger partial charge in [-0.15, -0.1) is 0 Å². The Labute approximate surface area is 110 Å². The van der Waals surface area contributed by atoms with E-state index in [9.17, 15) is 8.78 Å². The number of nitrogens with two attached hydrogens (primary N) is 1. The van der Waals surface area contributed by atoms with Gasteiger partial charge in [0.2, 0.25) is 0 Å². The van der Waals surface area contributed by atoms with Crippen LogP contribution in [0.1, 0.15) is 16.7 Å². The second-order valence-corrected chi connectivity index (χ2v) is 4.49. The average molecular weight is 263 g/mol. The maximum Gasteiger partial charge on any atom is 0.165 e. The lowest BCUT2D eigenvalue weighted by Gasteiger charge is -2.13. The molecule has 0 aliphatic carbocycles. The number of hydrogen-bond donors (Lipinski definition) is 1. The molecule has 0 amide bonds. The van der Waals surface area contributed by atoms with Crippen LogP contribution in [0.25, 0.3) is 0 Å². The highest BCUT2D eigenvalue weighted by atomic mass is 19.2. The maximum atomic E-state index is 13.5. The van der Waals surface area contributed by atoms with Gasteiger partial charge in [-0.3, -0.25) is 0 Å². The predicted molar refractivity (Wildman–Crippen MR) is 71.0 cm³/mol. The van der Waals surface area contributed by atoms with Crippen molar-refractivity contribution in [2.75, 3.05) is 5.73 Å². The van der Waals surface area contributed by atoms with E-state index in [4.69, 9.17) is 10.5 Å². The highest BCUT2D eigenvalue weighted by molar-refractivity contribution is 5.52. The molecule has 0 spiro atoms. The average Bonchev–Trinajstić information content (AvgIpc) is 2.33. The topological polar surface area (TPSA) is 35.2 Å². The lowest BCUT2D eigenvalue weighted by molar-refractivity contribution is 0.293. The fraction of sp³-hybridized carbons (Fsp3) is 0.200. The third-order valence-electron chi connectivity index (χ3n) is 2.89. The first-order valence-electron chi connectivity index (χ1n) is 5.91. The van der Waals surface area contributed by atoms with Crippen molar-refractivity contribution in [2.24, 2.45) is 0 Å². The largest absolute Gasteiger partial charge is 0.488 e. The Morgan fingerprint density at radius 3 is 2.37 bits per heavy atom. The molecule has 0 atom stereocenters. The summed E-state index contributed by atoms with van der Waals surface area (Å²) in [5.41, 5.74) is 8.30. The molecule has 0 saturated carbocycles. The Morgan fingerprint density at radius 2 is 1.74 bits per heavy atom. The number of nitrogen functional groups attached to an aromatic ring is 1. The third-order valence-corrected chi connectivity index (χ3v) is 2.89. The monoisotopic (exact) mass is 263 g/mol. The van der Waals surface area contributed by atoms with Crippen molar-refractivity contribution < 1.29 is 13.5 Å². The van der Waals surface area contributed by atoms with Crippen molar-refractivity contribution in [2.45, 2.75) is 20.5 Å². The van der Waals surface area contributed by atoms with Crippen LogP contribution in [0.4, 0.5) is 14.5 Å². The Balaban J connectivity index is 2.22. The summed E-state index contributed by atoms with van der Waals surface area (Å²) in [6.07, 6.45) is 0. The van der Waals surface area contributed by atoms with E-state index in [-0.39, 0.29) is 12.2 Å². The van der Waals surface area contributed by atoms with Crippen LogP contribution >= 0.6 is 0 Å². The Hall–Kier alpha value is -2.10. The van der Waals surface area contributed by atoms with Gasteiger partial charge in [-0.05, 0) is 43.2 Å². The number of aryl methyl sites for hydroxylation is 2. The van der Waals surface area contributed by atoms with Crippen LogP contribution in [0, 0.1) is 25.5 Å². The zero-order valence-corrected chi connectivity index (χ0v) is 10.8. The van der Waals surface area contributed by atoms with Gasteiger partial charge in [0.05, 0.1) is 0 Å². The molecule has 2 nitrogen and oxygen atoms in total. The second kappa shape index (κ2) is 5.26. The number of rotatable bonds is 3. The second-order valence-electron chi connectivity index (χ2n) is 4.49. The number of anilines is 1. The molecular weight excluding hydrogens is 248 g/mol. The summed E-state index contributed by atoms with van der Waals surface area (Å²) in [7, 11) is 0. The molecule has 0 heterocycles. The van der Waals surface area contributed by atoms with Gasteiger partial charge in [0.15, 0.2) is 11.6 Å². The normalized spacial score (nSPS) is 10.5. The summed E-state index contributed by atoms with van der Waals surface area (Å²) in [5, 5.41) is 0. The lowest BCUT2D eigenvalue weighted by Crippen LogP contribution is -2.03. The van der Waals surface area contributed by atoms with Gasteiger partial charge in [-0.2, -0.15) is 0 Å². The third kappa shape index (κ3) is 2.84. The number of benzene rings is 2. The van der Waals surface area contributed by atoms with Gasteiger partial charge in [-0.1, -0.05) is 12.1 Å². The minimum atomic E-state index is -0.869. The first-order chi connectivity index (χ1) is 8.99. The summed E-state index contributed by atoms with van der Waals surface area (Å²) < 4.78 is 32.1. The van der Waals surface area contributed by atoms with E-state index in [0.717, 1.165) is 17.2 Å². The minimum Gasteiger partial charge on any atom is -0.488 e. The molecule has 0 fully saturated rings. The highest BCUT2D eigenvalue weighted by Crippen LogP contribution is 2.27. The standard InChI is InChI=1S/C15H15F2NO/c1-9-6-12(18)7-10(2)15(9)19-8-11-4-3-5-13(16)14(11)17/h3-7H,8,18H2,1-2H3. The first-order valence-corrected chi connectivity index (χ1v) is 5.91. The molecule has 0 bridgehead atoms. The van der Waals surface area contributed by atoms with Crippen LogP contribution in [-0.2, 0) is 6.61 Å². The van der Waals surface area contributed by atoms with Gasteiger partial charge >= 0.3 is 0 Å². The van der Waals surface area contributed by atoms with Crippen molar-refractivity contribution >= 4 is 5.69 Å². The number of halogens is 2. The van der Waals surface area contributed by atoms with E-state index in [1.807, 2.05) is 13.8 Å². The van der Waals surface area contributed by atoms with Gasteiger partial charge in [0.25, 0.3) is 0 Å². The molecule has 19 heavy (non-hydrogen) atoms. The summed E-state index contributed by atoms with van der Waals surface area (Å²) >= 11 is 0. The van der Waals surface area contributed by atoms with E-state index < -0.39 is 11.6 Å². The highest BCUT2D eigenvalue weighted by Gasteiger charge is 2.10. The molecule has 100 valence electrons. The molecule has 2 aromatic rings. The summed E-state index contributed by atoms with van der Waals surface area (Å²) in [6.45, 7) is 3.70. The van der Waals surface area contributed by atoms with E-state index in [1.165, 1.54) is 12.1 Å². The van der Waals surface area contributed by atoms with E-state index in [0.29, 0.717) is 11.4 Å². The molecule has 0 aliphatic heterocycles. The van der Waals surface area contributed by atoms with Crippen molar-refractivity contribution in [1.29, 1.82) is 0 Å². The molecule has 4 heteroatoms. The summed E-state index contributed by atoms with van der Waals surface area (Å²) in [5.74, 6) is -1.09. The molecule has 2 N–H and O–H groups in total. The van der Waals surface area contributed by atoms with Crippen molar-refractivity contribution in [1.82, 2.24) is 0 Å². The Morgan fingerprint density at radius 1 is 1.11 bits per heavy atom. The maximum absolute atomic E-state index is 13.5. The quantitative estimate of drug-likeness (QED) is 0.856. The fourth-order valence-electron chi connectivity index (χ4n) is 2.02. The van der Waals surface area contributed by atoms with E-state index >= 15 is 0 Å². The van der Waals surface area contributed by atoms with Gasteiger partial charge in [-0.25, -0.2) is 8.78 Å². The van der Waals surface area contributed by atoms with Crippen molar-refractivity contribution in [3.8, 4) is 5.75 Å². The molecule has 0 saturated heterocycles. The van der Waals surface area contributed by atoms with Crippen LogP contribution in [0.15, 0.2) is 30.3 Å². The van der Waals surface area contributed by atoms with Crippen LogP contribution in [-0.4, -0.2) is 0 Å². The van der Waals surface area contributed by atoms with Crippen LogP contribution in [0.2, 0.25) is 0 Å². The predicted octanol–water partition coefficient (Wildman–Crippen LogP) is 3.74. The van der Waals surface area contributed by atoms with Gasteiger partial charge in [0.1, 0.15) is 12.4 Å².